The van der Waals surface area contributed by atoms with Crippen LogP contribution in [-0.4, -0.2) is 30.1 Å². The number of aryl methyl sites for hydroxylation is 2. The van der Waals surface area contributed by atoms with E-state index in [2.05, 4.69) is 30.0 Å². The van der Waals surface area contributed by atoms with Crippen molar-refractivity contribution in [2.24, 2.45) is 4.99 Å². The quantitative estimate of drug-likeness (QED) is 0.394. The van der Waals surface area contributed by atoms with Gasteiger partial charge in [0.25, 0.3) is 5.91 Å². The number of nitrogens with zero attached hydrogens (tertiary/aromatic N) is 3. The molecule has 0 aromatic heterocycles. The van der Waals surface area contributed by atoms with Gasteiger partial charge in [0.05, 0.1) is 30.1 Å². The molecule has 0 atom stereocenters. The van der Waals surface area contributed by atoms with E-state index in [4.69, 9.17) is 9.73 Å². The third-order valence-corrected chi connectivity index (χ3v) is 8.29. The largest absolute Gasteiger partial charge is 0.497 e. The van der Waals surface area contributed by atoms with Crippen LogP contribution in [0.3, 0.4) is 0 Å². The molecule has 2 aliphatic rings. The molecule has 0 saturated carbocycles. The van der Waals surface area contributed by atoms with Crippen LogP contribution in [-0.2, 0) is 11.3 Å². The number of hydrogen-bond donors (Lipinski definition) is 0. The molecule has 3 aromatic rings. The fourth-order valence-electron chi connectivity index (χ4n) is 3.92. The maximum atomic E-state index is 13.8. The number of fused-ring (bicyclic) bond motifs is 1. The topological polar surface area (TPSA) is 45.1 Å². The molecule has 5 rings (SSSR count). The van der Waals surface area contributed by atoms with Crippen molar-refractivity contribution in [3.05, 3.63) is 93.4 Å². The van der Waals surface area contributed by atoms with E-state index >= 15 is 0 Å². The highest BCUT2D eigenvalue weighted by Gasteiger charge is 2.39. The molecule has 1 amide bonds. The molecular weight excluding hydrogens is 462 g/mol. The van der Waals surface area contributed by atoms with Gasteiger partial charge in [0.2, 0.25) is 0 Å². The summed E-state index contributed by atoms with van der Waals surface area (Å²) in [5, 5.41) is 1.62. The first-order valence-corrected chi connectivity index (χ1v) is 12.6. The fraction of sp³-hybridized carbons (Fsp3) is 0.185. The average Bonchev–Trinajstić information content (AvgIpc) is 3.33. The number of carbonyl (C=O) groups is 1. The van der Waals surface area contributed by atoms with Crippen LogP contribution in [0.1, 0.15) is 16.7 Å². The van der Waals surface area contributed by atoms with E-state index in [1.165, 1.54) is 11.8 Å². The van der Waals surface area contributed by atoms with Gasteiger partial charge in [-0.05, 0) is 60.5 Å². The maximum absolute atomic E-state index is 13.8. The molecule has 34 heavy (non-hydrogen) atoms. The van der Waals surface area contributed by atoms with Gasteiger partial charge in [-0.3, -0.25) is 9.69 Å². The lowest BCUT2D eigenvalue weighted by molar-refractivity contribution is -0.122. The number of benzene rings is 3. The summed E-state index contributed by atoms with van der Waals surface area (Å²) in [6.45, 7) is 4.58. The number of amides is 1. The van der Waals surface area contributed by atoms with Crippen LogP contribution in [0.15, 0.2) is 86.6 Å². The van der Waals surface area contributed by atoms with Crippen LogP contribution < -0.4 is 9.64 Å². The number of methoxy groups -OCH3 is 1. The predicted octanol–water partition coefficient (Wildman–Crippen LogP) is 6.49. The van der Waals surface area contributed by atoms with Crippen LogP contribution in [0.4, 0.5) is 11.4 Å². The van der Waals surface area contributed by atoms with Gasteiger partial charge in [-0.1, -0.05) is 54.2 Å². The number of anilines is 1. The molecule has 172 valence electrons. The highest BCUT2D eigenvalue weighted by molar-refractivity contribution is 8.19. The van der Waals surface area contributed by atoms with E-state index in [1.807, 2.05) is 62.5 Å². The van der Waals surface area contributed by atoms with Gasteiger partial charge < -0.3 is 9.64 Å². The lowest BCUT2D eigenvalue weighted by atomic mass is 10.1. The average molecular weight is 488 g/mol. The zero-order valence-corrected chi connectivity index (χ0v) is 21.2. The van der Waals surface area contributed by atoms with Gasteiger partial charge in [-0.2, -0.15) is 0 Å². The summed E-state index contributed by atoms with van der Waals surface area (Å²) >= 11 is 3.06. The first-order chi connectivity index (χ1) is 16.4. The van der Waals surface area contributed by atoms with Gasteiger partial charge in [0.1, 0.15) is 10.7 Å². The molecule has 1 fully saturated rings. The SMILES string of the molecule is COc1ccc2c(c1)N(C)/C(=C1/SC(=Nc3cc(C)ccc3C)N(Cc3ccccc3)C1=O)S2. The minimum Gasteiger partial charge on any atom is -0.497 e. The van der Waals surface area contributed by atoms with Gasteiger partial charge in [-0.25, -0.2) is 4.99 Å². The number of ether oxygens (including phenoxy) is 1. The summed E-state index contributed by atoms with van der Waals surface area (Å²) in [4.78, 5) is 24.4. The number of hydrogen-bond acceptors (Lipinski definition) is 6. The third-order valence-electron chi connectivity index (χ3n) is 5.86. The van der Waals surface area contributed by atoms with E-state index in [1.54, 1.807) is 23.8 Å². The van der Waals surface area contributed by atoms with Crippen LogP contribution in [0.2, 0.25) is 0 Å². The van der Waals surface area contributed by atoms with E-state index in [0.717, 1.165) is 43.7 Å². The number of rotatable bonds is 4. The third kappa shape index (κ3) is 4.21. The van der Waals surface area contributed by atoms with Crippen molar-refractivity contribution in [2.75, 3.05) is 19.1 Å². The van der Waals surface area contributed by atoms with Crippen molar-refractivity contribution in [1.29, 1.82) is 0 Å². The molecule has 2 heterocycles. The smallest absolute Gasteiger partial charge is 0.269 e. The standard InChI is InChI=1S/C27H25N3O2S2/c1-17-10-11-18(2)21(14-17)28-27-30(16-19-8-6-5-7-9-19)25(31)24(34-27)26-29(3)22-15-20(32-4)12-13-23(22)33-26/h5-15H,16H2,1-4H3/b26-24-,28-27?. The molecule has 0 N–H and O–H groups in total. The van der Waals surface area contributed by atoms with Crippen molar-refractivity contribution < 1.29 is 9.53 Å². The molecule has 0 spiro atoms. The summed E-state index contributed by atoms with van der Waals surface area (Å²) < 4.78 is 5.41. The molecule has 0 unspecified atom stereocenters. The molecule has 7 heteroatoms. The van der Waals surface area contributed by atoms with E-state index in [0.29, 0.717) is 16.6 Å². The lowest BCUT2D eigenvalue weighted by Gasteiger charge is -2.17. The number of thioether (sulfide) groups is 2. The van der Waals surface area contributed by atoms with Crippen LogP contribution in [0.25, 0.3) is 0 Å². The molecule has 1 saturated heterocycles. The summed E-state index contributed by atoms with van der Waals surface area (Å²) in [7, 11) is 3.66. The minimum atomic E-state index is -0.0213. The zero-order valence-electron chi connectivity index (χ0n) is 19.5. The maximum Gasteiger partial charge on any atom is 0.269 e. The monoisotopic (exact) mass is 487 g/mol. The summed E-state index contributed by atoms with van der Waals surface area (Å²) in [5.74, 6) is 0.776. The second kappa shape index (κ2) is 9.24. The summed E-state index contributed by atoms with van der Waals surface area (Å²) in [6, 6.07) is 22.3. The molecular formula is C27H25N3O2S2. The number of aliphatic imine (C=N–C) groups is 1. The Kier molecular flexibility index (Phi) is 6.15. The fourth-order valence-corrected chi connectivity index (χ4v) is 6.24. The highest BCUT2D eigenvalue weighted by Crippen LogP contribution is 2.51. The summed E-state index contributed by atoms with van der Waals surface area (Å²) in [5.41, 5.74) is 5.22. The molecule has 2 aliphatic heterocycles. The number of amidine groups is 1. The van der Waals surface area contributed by atoms with E-state index in [9.17, 15) is 4.79 Å². The van der Waals surface area contributed by atoms with Crippen molar-refractivity contribution in [3.8, 4) is 5.75 Å². The Bertz CT molecular complexity index is 1330. The van der Waals surface area contributed by atoms with Gasteiger partial charge >= 0.3 is 0 Å². The highest BCUT2D eigenvalue weighted by atomic mass is 32.2. The molecule has 5 nitrogen and oxygen atoms in total. The second-order valence-electron chi connectivity index (χ2n) is 8.29. The van der Waals surface area contributed by atoms with Crippen molar-refractivity contribution in [3.63, 3.8) is 0 Å². The van der Waals surface area contributed by atoms with Crippen LogP contribution in [0, 0.1) is 13.8 Å². The molecule has 3 aromatic carbocycles. The Hall–Kier alpha value is -3.16. The van der Waals surface area contributed by atoms with E-state index < -0.39 is 0 Å². The first kappa shape index (κ1) is 22.6. The van der Waals surface area contributed by atoms with Crippen LogP contribution >= 0.6 is 23.5 Å². The Morgan fingerprint density at radius 3 is 2.53 bits per heavy atom. The Morgan fingerprint density at radius 2 is 1.76 bits per heavy atom. The Balaban J connectivity index is 1.57. The predicted molar refractivity (Wildman–Crippen MR) is 142 cm³/mol. The van der Waals surface area contributed by atoms with Crippen molar-refractivity contribution >= 4 is 46.0 Å². The number of carbonyl (C=O) groups excluding carboxylic acids is 1. The van der Waals surface area contributed by atoms with Crippen LogP contribution in [0.5, 0.6) is 5.75 Å². The van der Waals surface area contributed by atoms with Gasteiger partial charge in [0.15, 0.2) is 5.17 Å². The Morgan fingerprint density at radius 1 is 0.971 bits per heavy atom. The second-order valence-corrected chi connectivity index (χ2v) is 10.3. The molecule has 0 aliphatic carbocycles. The summed E-state index contributed by atoms with van der Waals surface area (Å²) in [6.07, 6.45) is 0. The Labute approximate surface area is 208 Å². The molecule has 0 radical (unpaired) electrons. The lowest BCUT2D eigenvalue weighted by Crippen LogP contribution is -2.29. The van der Waals surface area contributed by atoms with Crippen molar-refractivity contribution in [2.45, 2.75) is 25.3 Å². The first-order valence-electron chi connectivity index (χ1n) is 11.0. The normalized spacial score (nSPS) is 18.7. The molecule has 0 bridgehead atoms. The van der Waals surface area contributed by atoms with Crippen molar-refractivity contribution in [1.82, 2.24) is 4.90 Å². The minimum absolute atomic E-state index is 0.0213. The van der Waals surface area contributed by atoms with E-state index in [-0.39, 0.29) is 5.91 Å². The van der Waals surface area contributed by atoms with Gasteiger partial charge in [0, 0.05) is 18.0 Å². The zero-order chi connectivity index (χ0) is 23.8. The van der Waals surface area contributed by atoms with Gasteiger partial charge in [-0.15, -0.1) is 0 Å².